The smallest absolute Gasteiger partial charge is 0.341 e. The Morgan fingerprint density at radius 3 is 2.91 bits per heavy atom. The highest BCUT2D eigenvalue weighted by molar-refractivity contribution is 6.30. The molecule has 0 spiro atoms. The first kappa shape index (κ1) is 17.0. The number of aliphatic carboxylic acids is 1. The molecule has 0 radical (unpaired) electrons. The van der Waals surface area contributed by atoms with E-state index in [0.29, 0.717) is 17.3 Å². The maximum absolute atomic E-state index is 10.7. The van der Waals surface area contributed by atoms with E-state index >= 15 is 0 Å². The van der Waals surface area contributed by atoms with Crippen molar-refractivity contribution in [2.45, 2.75) is 12.6 Å². The largest absolute Gasteiger partial charge is 0.482 e. The minimum absolute atomic E-state index is 0.108. The molecule has 7 heteroatoms. The first-order valence-corrected chi connectivity index (χ1v) is 7.54. The fourth-order valence-electron chi connectivity index (χ4n) is 2.54. The number of carboxylic acid groups (broad SMARTS) is 1. The fraction of sp³-hybridized carbons (Fsp3) is 0.533. The molecular formula is C15H21ClN2O4. The summed E-state index contributed by atoms with van der Waals surface area (Å²) in [5.74, 6) is -0.480. The predicted molar refractivity (Wildman–Crippen MR) is 83.4 cm³/mol. The molecule has 1 aromatic carbocycles. The molecule has 0 bridgehead atoms. The van der Waals surface area contributed by atoms with Crippen LogP contribution in [0, 0.1) is 0 Å². The van der Waals surface area contributed by atoms with E-state index in [4.69, 9.17) is 21.4 Å². The molecule has 22 heavy (non-hydrogen) atoms. The third-order valence-electron chi connectivity index (χ3n) is 3.84. The molecule has 1 fully saturated rings. The standard InChI is InChI=1S/C15H21ClN2O4/c1-17-4-5-18(8-13(17)9-19)7-11-6-12(16)2-3-14(11)22-10-15(20)21/h2-3,6,13,19H,4-5,7-10H2,1H3,(H,20,21)/t13-/m1/s1. The molecule has 1 aliphatic rings. The average molecular weight is 329 g/mol. The molecule has 0 unspecified atom stereocenters. The highest BCUT2D eigenvalue weighted by atomic mass is 35.5. The van der Waals surface area contributed by atoms with Gasteiger partial charge in [0, 0.05) is 42.8 Å². The minimum Gasteiger partial charge on any atom is -0.482 e. The Bertz CT molecular complexity index is 526. The first-order chi connectivity index (χ1) is 10.5. The molecule has 0 saturated carbocycles. The van der Waals surface area contributed by atoms with E-state index in [9.17, 15) is 9.90 Å². The van der Waals surface area contributed by atoms with Gasteiger partial charge in [-0.2, -0.15) is 0 Å². The van der Waals surface area contributed by atoms with Crippen LogP contribution in [0.1, 0.15) is 5.56 Å². The van der Waals surface area contributed by atoms with Crippen molar-refractivity contribution in [3.8, 4) is 5.75 Å². The van der Waals surface area contributed by atoms with Crippen LogP contribution in [-0.4, -0.2) is 71.9 Å². The van der Waals surface area contributed by atoms with Crippen LogP contribution in [-0.2, 0) is 11.3 Å². The Morgan fingerprint density at radius 1 is 1.45 bits per heavy atom. The van der Waals surface area contributed by atoms with E-state index in [0.717, 1.165) is 25.2 Å². The van der Waals surface area contributed by atoms with Crippen molar-refractivity contribution >= 4 is 17.6 Å². The summed E-state index contributed by atoms with van der Waals surface area (Å²) in [6, 6.07) is 5.28. The van der Waals surface area contributed by atoms with Gasteiger partial charge in [0.2, 0.25) is 0 Å². The van der Waals surface area contributed by atoms with Gasteiger partial charge in [0.25, 0.3) is 0 Å². The SMILES string of the molecule is CN1CCN(Cc2cc(Cl)ccc2OCC(=O)O)C[C@@H]1CO. The van der Waals surface area contributed by atoms with Crippen LogP contribution in [0.15, 0.2) is 18.2 Å². The number of hydrogen-bond donors (Lipinski definition) is 2. The van der Waals surface area contributed by atoms with Gasteiger partial charge >= 0.3 is 5.97 Å². The normalized spacial score (nSPS) is 20.0. The van der Waals surface area contributed by atoms with E-state index in [-0.39, 0.29) is 19.3 Å². The number of carboxylic acids is 1. The van der Waals surface area contributed by atoms with Crippen molar-refractivity contribution in [3.63, 3.8) is 0 Å². The lowest BCUT2D eigenvalue weighted by molar-refractivity contribution is -0.139. The van der Waals surface area contributed by atoms with Gasteiger partial charge in [-0.15, -0.1) is 0 Å². The molecule has 2 rings (SSSR count). The summed E-state index contributed by atoms with van der Waals surface area (Å²) in [4.78, 5) is 15.0. The van der Waals surface area contributed by atoms with Gasteiger partial charge in [-0.1, -0.05) is 11.6 Å². The summed E-state index contributed by atoms with van der Waals surface area (Å²) in [7, 11) is 2.00. The van der Waals surface area contributed by atoms with Gasteiger partial charge in [0.05, 0.1) is 6.61 Å². The maximum atomic E-state index is 10.7. The third kappa shape index (κ3) is 4.58. The highest BCUT2D eigenvalue weighted by Crippen LogP contribution is 2.25. The minimum atomic E-state index is -1.01. The highest BCUT2D eigenvalue weighted by Gasteiger charge is 2.24. The zero-order chi connectivity index (χ0) is 16.1. The lowest BCUT2D eigenvalue weighted by Crippen LogP contribution is -2.52. The lowest BCUT2D eigenvalue weighted by Gasteiger charge is -2.38. The number of carbonyl (C=O) groups is 1. The molecule has 2 N–H and O–H groups in total. The number of rotatable bonds is 6. The Morgan fingerprint density at radius 2 is 2.23 bits per heavy atom. The molecule has 1 aliphatic heterocycles. The molecule has 122 valence electrons. The van der Waals surface area contributed by atoms with Crippen LogP contribution < -0.4 is 4.74 Å². The predicted octanol–water partition coefficient (Wildman–Crippen LogP) is 0.912. The number of nitrogens with zero attached hydrogens (tertiary/aromatic N) is 2. The molecule has 1 aromatic rings. The molecule has 1 heterocycles. The summed E-state index contributed by atoms with van der Waals surface area (Å²) >= 11 is 6.04. The summed E-state index contributed by atoms with van der Waals surface area (Å²) in [6.45, 7) is 2.84. The average Bonchev–Trinajstić information content (AvgIpc) is 2.48. The number of piperazine rings is 1. The monoisotopic (exact) mass is 328 g/mol. The number of ether oxygens (including phenoxy) is 1. The van der Waals surface area contributed by atoms with Gasteiger partial charge in [-0.05, 0) is 25.2 Å². The van der Waals surface area contributed by atoms with Crippen LogP contribution in [0.4, 0.5) is 0 Å². The number of hydrogen-bond acceptors (Lipinski definition) is 5. The Kier molecular flexibility index (Phi) is 6.02. The second-order valence-electron chi connectivity index (χ2n) is 5.49. The van der Waals surface area contributed by atoms with E-state index in [1.54, 1.807) is 18.2 Å². The summed E-state index contributed by atoms with van der Waals surface area (Å²) in [5.41, 5.74) is 0.856. The maximum Gasteiger partial charge on any atom is 0.341 e. The Hall–Kier alpha value is -1.34. The first-order valence-electron chi connectivity index (χ1n) is 7.16. The molecule has 6 nitrogen and oxygen atoms in total. The molecule has 1 atom stereocenters. The molecule has 0 aromatic heterocycles. The molecular weight excluding hydrogens is 308 g/mol. The van der Waals surface area contributed by atoms with Crippen LogP contribution in [0.5, 0.6) is 5.75 Å². The quantitative estimate of drug-likeness (QED) is 0.809. The summed E-state index contributed by atoms with van der Waals surface area (Å²) in [5, 5.41) is 18.7. The van der Waals surface area contributed by atoms with Crippen molar-refractivity contribution in [2.75, 3.05) is 39.9 Å². The topological polar surface area (TPSA) is 73.2 Å². The van der Waals surface area contributed by atoms with Gasteiger partial charge in [-0.25, -0.2) is 4.79 Å². The zero-order valence-electron chi connectivity index (χ0n) is 12.5. The van der Waals surface area contributed by atoms with Gasteiger partial charge in [-0.3, -0.25) is 9.80 Å². The second kappa shape index (κ2) is 7.78. The fourth-order valence-corrected chi connectivity index (χ4v) is 2.74. The van der Waals surface area contributed by atoms with Crippen molar-refractivity contribution in [2.24, 2.45) is 0 Å². The third-order valence-corrected chi connectivity index (χ3v) is 4.07. The Balaban J connectivity index is 2.07. The van der Waals surface area contributed by atoms with Crippen LogP contribution in [0.25, 0.3) is 0 Å². The summed E-state index contributed by atoms with van der Waals surface area (Å²) in [6.07, 6.45) is 0. The van der Waals surface area contributed by atoms with Crippen molar-refractivity contribution in [3.05, 3.63) is 28.8 Å². The van der Waals surface area contributed by atoms with Crippen molar-refractivity contribution < 1.29 is 19.7 Å². The van der Waals surface area contributed by atoms with E-state index in [1.807, 2.05) is 7.05 Å². The zero-order valence-corrected chi connectivity index (χ0v) is 13.3. The van der Waals surface area contributed by atoms with Crippen LogP contribution in [0.3, 0.4) is 0 Å². The second-order valence-corrected chi connectivity index (χ2v) is 5.92. The molecule has 0 aliphatic carbocycles. The van der Waals surface area contributed by atoms with E-state index in [1.165, 1.54) is 0 Å². The number of aliphatic hydroxyl groups excluding tert-OH is 1. The number of aliphatic hydroxyl groups is 1. The number of benzene rings is 1. The van der Waals surface area contributed by atoms with Gasteiger partial charge in [0.15, 0.2) is 6.61 Å². The number of likely N-dealkylation sites (N-methyl/N-ethyl adjacent to an activating group) is 1. The summed E-state index contributed by atoms with van der Waals surface area (Å²) < 4.78 is 5.32. The van der Waals surface area contributed by atoms with Crippen LogP contribution in [0.2, 0.25) is 5.02 Å². The van der Waals surface area contributed by atoms with Crippen molar-refractivity contribution in [1.82, 2.24) is 9.80 Å². The van der Waals surface area contributed by atoms with E-state index in [2.05, 4.69) is 9.80 Å². The van der Waals surface area contributed by atoms with E-state index < -0.39 is 5.97 Å². The number of halogens is 1. The Labute approximate surface area is 134 Å². The van der Waals surface area contributed by atoms with Gasteiger partial charge in [0.1, 0.15) is 5.75 Å². The lowest BCUT2D eigenvalue weighted by atomic mass is 10.1. The molecule has 1 saturated heterocycles. The molecule has 0 amide bonds. The van der Waals surface area contributed by atoms with Gasteiger partial charge < -0.3 is 14.9 Å². The van der Waals surface area contributed by atoms with Crippen molar-refractivity contribution in [1.29, 1.82) is 0 Å². The van der Waals surface area contributed by atoms with Crippen LogP contribution >= 0.6 is 11.6 Å².